The van der Waals surface area contributed by atoms with Crippen LogP contribution >= 0.6 is 23.1 Å². The molecule has 0 saturated carbocycles. The first-order chi connectivity index (χ1) is 16.8. The summed E-state index contributed by atoms with van der Waals surface area (Å²) in [4.78, 5) is 59.1. The number of carboxylic acid groups (broad SMARTS) is 1. The van der Waals surface area contributed by atoms with Crippen molar-refractivity contribution in [3.8, 4) is 0 Å². The van der Waals surface area contributed by atoms with Crippen molar-refractivity contribution in [2.45, 2.75) is 24.9 Å². The van der Waals surface area contributed by atoms with Crippen molar-refractivity contribution < 1.29 is 64.8 Å². The van der Waals surface area contributed by atoms with E-state index in [1.54, 1.807) is 0 Å². The minimum absolute atomic E-state index is 0. The fourth-order valence-corrected chi connectivity index (χ4v) is 5.13. The van der Waals surface area contributed by atoms with Crippen molar-refractivity contribution in [1.82, 2.24) is 30.6 Å². The second-order valence-corrected chi connectivity index (χ2v) is 9.14. The van der Waals surface area contributed by atoms with Crippen LogP contribution in [0.1, 0.15) is 19.7 Å². The van der Waals surface area contributed by atoms with Crippen molar-refractivity contribution in [2.75, 3.05) is 18.1 Å². The van der Waals surface area contributed by atoms with Crippen LogP contribution in [0.5, 0.6) is 0 Å². The number of nitrogen functional groups attached to an aromatic ring is 1. The summed E-state index contributed by atoms with van der Waals surface area (Å²) in [7, 11) is 0. The number of nitrogens with two attached hydrogens (primary N) is 1. The van der Waals surface area contributed by atoms with E-state index in [-0.39, 0.29) is 77.8 Å². The molecule has 0 aromatic carbocycles. The Kier molecular flexibility index (Phi) is 9.07. The fraction of sp³-hybridized carbons (Fsp3) is 0.333. The van der Waals surface area contributed by atoms with E-state index in [2.05, 4.69) is 30.9 Å². The number of oxime groups is 1. The molecule has 1 saturated heterocycles. The van der Waals surface area contributed by atoms with Gasteiger partial charge in [0.1, 0.15) is 35.1 Å². The number of amides is 2. The fourth-order valence-electron chi connectivity index (χ4n) is 3.25. The Morgan fingerprint density at radius 3 is 2.81 bits per heavy atom. The maximum atomic E-state index is 13.0. The minimum atomic E-state index is -1.34. The van der Waals surface area contributed by atoms with E-state index in [9.17, 15) is 24.3 Å². The Labute approximate surface area is 234 Å². The van der Waals surface area contributed by atoms with Gasteiger partial charge in [-0.05, 0) is 0 Å². The number of nitrogens with zero attached hydrogens (tertiary/aromatic N) is 5. The molecule has 2 aliphatic rings. The van der Waals surface area contributed by atoms with Gasteiger partial charge in [-0.1, -0.05) is 5.16 Å². The molecule has 5 N–H and O–H groups in total. The number of thioether (sulfide) groups is 1. The molecule has 2 aromatic heterocycles. The molecule has 4 heterocycles. The average molecular weight is 547 g/mol. The van der Waals surface area contributed by atoms with Crippen molar-refractivity contribution in [3.63, 3.8) is 0 Å². The normalized spacial score (nSPS) is 19.1. The number of esters is 1. The van der Waals surface area contributed by atoms with Gasteiger partial charge in [0.25, 0.3) is 11.8 Å². The number of anilines is 1. The first kappa shape index (κ1) is 27.6. The number of hydrogen-bond donors (Lipinski definition) is 4. The maximum absolute atomic E-state index is 13.0. The maximum Gasteiger partial charge on any atom is 1.00 e. The van der Waals surface area contributed by atoms with Crippen molar-refractivity contribution in [1.29, 1.82) is 0 Å². The molecule has 2 amide bonds. The predicted octanol–water partition coefficient (Wildman–Crippen LogP) is -3.82. The quantitative estimate of drug-likeness (QED) is 0.0783. The molecular formula is C18H19N8NaO7S2. The topological polar surface area (TPSA) is 215 Å². The summed E-state index contributed by atoms with van der Waals surface area (Å²) in [6.07, 6.45) is 1.42. The zero-order chi connectivity index (χ0) is 25.1. The molecule has 0 aliphatic carbocycles. The summed E-state index contributed by atoms with van der Waals surface area (Å²) in [5.74, 6) is -3.11. The van der Waals surface area contributed by atoms with Gasteiger partial charge in [-0.2, -0.15) is 15.4 Å². The van der Waals surface area contributed by atoms with Crippen LogP contribution < -0.4 is 40.6 Å². The van der Waals surface area contributed by atoms with Gasteiger partial charge in [-0.15, -0.1) is 23.1 Å². The third kappa shape index (κ3) is 5.86. The van der Waals surface area contributed by atoms with Crippen LogP contribution in [0.15, 0.2) is 28.0 Å². The summed E-state index contributed by atoms with van der Waals surface area (Å²) in [5, 5.41) is 27.0. The first-order valence-corrected chi connectivity index (χ1v) is 11.8. The molecule has 186 valence electrons. The molecule has 36 heavy (non-hydrogen) atoms. The molecule has 0 radical (unpaired) electrons. The third-order valence-corrected chi connectivity index (χ3v) is 6.81. The second kappa shape index (κ2) is 11.8. The molecule has 0 spiro atoms. The molecule has 18 heteroatoms. The third-order valence-electron chi connectivity index (χ3n) is 4.80. The zero-order valence-electron chi connectivity index (χ0n) is 20.0. The predicted molar refractivity (Wildman–Crippen MR) is 122 cm³/mol. The number of β-lactam (4-membered cyclic amide) rings is 1. The first-order valence-electron chi connectivity index (χ1n) is 9.86. The van der Waals surface area contributed by atoms with E-state index in [4.69, 9.17) is 15.3 Å². The van der Waals surface area contributed by atoms with Gasteiger partial charge in [-0.3, -0.25) is 19.3 Å². The number of H-pyrrole nitrogens is 1. The summed E-state index contributed by atoms with van der Waals surface area (Å²) >= 11 is 2.32. The summed E-state index contributed by atoms with van der Waals surface area (Å²) in [6, 6.07) is -1.02. The standard InChI is InChI=1S/C18H18N8O7S2.Na.H/c1-7(27)32-3-8-5-34-16-12(15(29)26(16)13(8)17(30)31)22-14(28)11(10-6-35-18(19)21-10)24-33-4-9-2-20-25-23-9;;/h2,6,12,16H,3-5H2,1H3,(H2,19,21)(H,22,28)(H,30,31)(H,20,23,25);;/q;+1;-1/b24-11-;;/t12-,16-;;/m1../s1. The SMILES string of the molecule is CC(=O)OCC1=C(C(=O)O)N2C(=O)[C@@H](NC(=O)/C(=N\OCc3cn[nH]n3)c3csc(N)n3)[C@H]2SC1.[H-].[Na+]. The number of aromatic amines is 1. The monoisotopic (exact) mass is 546 g/mol. The van der Waals surface area contributed by atoms with Gasteiger partial charge in [0.05, 0.1) is 6.20 Å². The molecule has 1 fully saturated rings. The number of carboxylic acids is 1. The van der Waals surface area contributed by atoms with E-state index in [1.807, 2.05) is 0 Å². The second-order valence-electron chi connectivity index (χ2n) is 7.14. The van der Waals surface area contributed by atoms with Crippen LogP contribution in [-0.2, 0) is 35.4 Å². The zero-order valence-corrected chi connectivity index (χ0v) is 22.6. The Bertz CT molecular complexity index is 1240. The molecule has 2 aliphatic heterocycles. The van der Waals surface area contributed by atoms with Crippen LogP contribution in [0.3, 0.4) is 0 Å². The van der Waals surface area contributed by atoms with Crippen molar-refractivity contribution >= 4 is 57.7 Å². The number of aliphatic carboxylic acids is 1. The van der Waals surface area contributed by atoms with Gasteiger partial charge in [0.15, 0.2) is 17.5 Å². The molecule has 4 rings (SSSR count). The number of ether oxygens (including phenoxy) is 1. The molecule has 2 atom stereocenters. The van der Waals surface area contributed by atoms with E-state index in [1.165, 1.54) is 30.3 Å². The number of nitrogens with one attached hydrogen (secondary N) is 2. The minimum Gasteiger partial charge on any atom is -1.00 e. The molecule has 2 aromatic rings. The summed E-state index contributed by atoms with van der Waals surface area (Å²) in [6.45, 7) is 0.867. The van der Waals surface area contributed by atoms with Gasteiger partial charge >= 0.3 is 41.5 Å². The van der Waals surface area contributed by atoms with Crippen LogP contribution in [0.4, 0.5) is 5.13 Å². The largest absolute Gasteiger partial charge is 1.00 e. The summed E-state index contributed by atoms with van der Waals surface area (Å²) in [5.41, 5.74) is 6.05. The number of fused-ring (bicyclic) bond motifs is 1. The Morgan fingerprint density at radius 1 is 1.42 bits per heavy atom. The Morgan fingerprint density at radius 2 is 2.19 bits per heavy atom. The number of hydrogen-bond acceptors (Lipinski definition) is 13. The molecule has 0 unspecified atom stereocenters. The van der Waals surface area contributed by atoms with Crippen molar-refractivity contribution in [2.24, 2.45) is 5.16 Å². The Hall–Kier alpha value is -2.99. The smallest absolute Gasteiger partial charge is 1.00 e. The van der Waals surface area contributed by atoms with Gasteiger partial charge < -0.3 is 27.2 Å². The molecule has 0 bridgehead atoms. The van der Waals surface area contributed by atoms with Crippen LogP contribution in [0.2, 0.25) is 0 Å². The van der Waals surface area contributed by atoms with E-state index in [0.29, 0.717) is 5.69 Å². The number of carbonyl (C=O) groups is 4. The van der Waals surface area contributed by atoms with Gasteiger partial charge in [0.2, 0.25) is 0 Å². The van der Waals surface area contributed by atoms with Crippen LogP contribution in [0, 0.1) is 0 Å². The molecule has 15 nitrogen and oxygen atoms in total. The van der Waals surface area contributed by atoms with E-state index < -0.39 is 35.2 Å². The van der Waals surface area contributed by atoms with Gasteiger partial charge in [0, 0.05) is 23.6 Å². The number of thiazole rings is 1. The molecular weight excluding hydrogens is 527 g/mol. The average Bonchev–Trinajstić information content (AvgIpc) is 3.49. The van der Waals surface area contributed by atoms with Crippen molar-refractivity contribution in [3.05, 3.63) is 34.2 Å². The number of carbonyl (C=O) groups excluding carboxylic acids is 3. The van der Waals surface area contributed by atoms with Crippen LogP contribution in [-0.4, -0.2) is 83.6 Å². The number of rotatable bonds is 9. The summed E-state index contributed by atoms with van der Waals surface area (Å²) < 4.78 is 4.91. The van der Waals surface area contributed by atoms with E-state index in [0.717, 1.165) is 16.2 Å². The van der Waals surface area contributed by atoms with Gasteiger partial charge in [-0.25, -0.2) is 9.78 Å². The van der Waals surface area contributed by atoms with Crippen LogP contribution in [0.25, 0.3) is 0 Å². The van der Waals surface area contributed by atoms with E-state index >= 15 is 0 Å². The Balaban J connectivity index is 0.00000241. The number of aromatic nitrogens is 4.